The Morgan fingerprint density at radius 1 is 1.15 bits per heavy atom. The number of hydrogen-bond donors (Lipinski definition) is 2. The van der Waals surface area contributed by atoms with E-state index in [-0.39, 0.29) is 0 Å². The van der Waals surface area contributed by atoms with Gasteiger partial charge in [-0.3, -0.25) is 0 Å². The highest BCUT2D eigenvalue weighted by molar-refractivity contribution is 5.54. The summed E-state index contributed by atoms with van der Waals surface area (Å²) in [5, 5.41) is 6.15. The fourth-order valence-corrected chi connectivity index (χ4v) is 1.07. The minimum absolute atomic E-state index is 0.910. The van der Waals surface area contributed by atoms with Crippen LogP contribution in [0.4, 0.5) is 5.69 Å². The molecule has 0 spiro atoms. The fraction of sp³-hybridized carbons (Fsp3) is 0.273. The predicted octanol–water partition coefficient (Wildman–Crippen LogP) is 1.96. The Kier molecular flexibility index (Phi) is 4.06. The Morgan fingerprint density at radius 2 is 1.85 bits per heavy atom. The lowest BCUT2D eigenvalue weighted by Crippen LogP contribution is -2.03. The third-order valence-electron chi connectivity index (χ3n) is 1.83. The van der Waals surface area contributed by atoms with Crippen LogP contribution in [0.15, 0.2) is 30.3 Å². The lowest BCUT2D eigenvalue weighted by molar-refractivity contribution is 0.922. The second-order valence-electron chi connectivity index (χ2n) is 2.83. The number of nitrogens with one attached hydrogen (secondary N) is 2. The van der Waals surface area contributed by atoms with Gasteiger partial charge in [-0.25, -0.2) is 0 Å². The molecule has 0 aliphatic carbocycles. The first kappa shape index (κ1) is 9.81. The molecule has 2 heteroatoms. The Balaban J connectivity index is 2.58. The molecule has 0 amide bonds. The molecule has 1 rings (SSSR count). The van der Waals surface area contributed by atoms with Crippen molar-refractivity contribution in [3.8, 4) is 0 Å². The highest BCUT2D eigenvalue weighted by atomic mass is 14.8. The normalized spacial score (nSPS) is 10.6. The summed E-state index contributed by atoms with van der Waals surface area (Å²) in [6.45, 7) is 0.910. The molecule has 2 nitrogen and oxygen atoms in total. The molecule has 0 bridgehead atoms. The number of rotatable bonds is 4. The Labute approximate surface area is 79.7 Å². The summed E-state index contributed by atoms with van der Waals surface area (Å²) in [6, 6.07) is 8.33. The maximum absolute atomic E-state index is 3.08. The van der Waals surface area contributed by atoms with Gasteiger partial charge in [0.25, 0.3) is 0 Å². The van der Waals surface area contributed by atoms with E-state index >= 15 is 0 Å². The Hall–Kier alpha value is -1.28. The first-order valence-electron chi connectivity index (χ1n) is 4.46. The SMILES string of the molecule is CNCC=Cc1ccc(NC)cc1. The van der Waals surface area contributed by atoms with Gasteiger partial charge >= 0.3 is 0 Å². The zero-order chi connectivity index (χ0) is 9.52. The predicted molar refractivity (Wildman–Crippen MR) is 58.9 cm³/mol. The number of anilines is 1. The lowest BCUT2D eigenvalue weighted by Gasteiger charge is -1.99. The van der Waals surface area contributed by atoms with Crippen molar-refractivity contribution in [1.82, 2.24) is 5.32 Å². The van der Waals surface area contributed by atoms with E-state index in [0.717, 1.165) is 12.2 Å². The zero-order valence-corrected chi connectivity index (χ0v) is 8.17. The first-order valence-corrected chi connectivity index (χ1v) is 4.46. The van der Waals surface area contributed by atoms with Gasteiger partial charge in [-0.2, -0.15) is 0 Å². The maximum Gasteiger partial charge on any atom is 0.0337 e. The highest BCUT2D eigenvalue weighted by Crippen LogP contribution is 2.09. The molecular weight excluding hydrogens is 160 g/mol. The molecular formula is C11H16N2. The minimum atomic E-state index is 0.910. The van der Waals surface area contributed by atoms with Gasteiger partial charge in [0.15, 0.2) is 0 Å². The van der Waals surface area contributed by atoms with Gasteiger partial charge in [0.2, 0.25) is 0 Å². The first-order chi connectivity index (χ1) is 6.36. The molecule has 0 heterocycles. The van der Waals surface area contributed by atoms with Crippen LogP contribution in [0.2, 0.25) is 0 Å². The largest absolute Gasteiger partial charge is 0.388 e. The third kappa shape index (κ3) is 3.30. The summed E-state index contributed by atoms with van der Waals surface area (Å²) >= 11 is 0. The molecule has 0 fully saturated rings. The van der Waals surface area contributed by atoms with Gasteiger partial charge in [0.05, 0.1) is 0 Å². The molecule has 0 radical (unpaired) electrons. The smallest absolute Gasteiger partial charge is 0.0337 e. The van der Waals surface area contributed by atoms with Crippen LogP contribution in [0.3, 0.4) is 0 Å². The fourth-order valence-electron chi connectivity index (χ4n) is 1.07. The van der Waals surface area contributed by atoms with Crippen LogP contribution in [0.1, 0.15) is 5.56 Å². The van der Waals surface area contributed by atoms with Crippen molar-refractivity contribution in [2.24, 2.45) is 0 Å². The van der Waals surface area contributed by atoms with Gasteiger partial charge in [-0.15, -0.1) is 0 Å². The quantitative estimate of drug-likeness (QED) is 0.732. The van der Waals surface area contributed by atoms with Crippen molar-refractivity contribution in [2.45, 2.75) is 0 Å². The highest BCUT2D eigenvalue weighted by Gasteiger charge is 1.87. The molecule has 13 heavy (non-hydrogen) atoms. The van der Waals surface area contributed by atoms with Crippen LogP contribution in [0, 0.1) is 0 Å². The summed E-state index contributed by atoms with van der Waals surface area (Å²) in [6.07, 6.45) is 4.21. The minimum Gasteiger partial charge on any atom is -0.388 e. The molecule has 0 aliphatic heterocycles. The van der Waals surface area contributed by atoms with Gasteiger partial charge in [-0.1, -0.05) is 24.3 Å². The third-order valence-corrected chi connectivity index (χ3v) is 1.83. The van der Waals surface area contributed by atoms with Crippen molar-refractivity contribution in [3.63, 3.8) is 0 Å². The van der Waals surface area contributed by atoms with E-state index in [4.69, 9.17) is 0 Å². The van der Waals surface area contributed by atoms with Crippen molar-refractivity contribution < 1.29 is 0 Å². The molecule has 0 unspecified atom stereocenters. The van der Waals surface area contributed by atoms with Crippen LogP contribution < -0.4 is 10.6 Å². The lowest BCUT2D eigenvalue weighted by atomic mass is 10.2. The standard InChI is InChI=1S/C11H16N2/c1-12-9-3-4-10-5-7-11(13-2)8-6-10/h3-8,12-13H,9H2,1-2H3. The summed E-state index contributed by atoms with van der Waals surface area (Å²) < 4.78 is 0. The molecule has 1 aromatic carbocycles. The molecule has 0 atom stereocenters. The molecule has 0 aromatic heterocycles. The molecule has 0 aliphatic rings. The van der Waals surface area contributed by atoms with E-state index in [1.54, 1.807) is 0 Å². The Morgan fingerprint density at radius 3 is 2.38 bits per heavy atom. The van der Waals surface area contributed by atoms with Gasteiger partial charge in [0, 0.05) is 19.3 Å². The van der Waals surface area contributed by atoms with Crippen molar-refractivity contribution in [2.75, 3.05) is 26.0 Å². The van der Waals surface area contributed by atoms with Crippen LogP contribution >= 0.6 is 0 Å². The van der Waals surface area contributed by atoms with E-state index in [1.807, 2.05) is 14.1 Å². The average Bonchev–Trinajstić information content (AvgIpc) is 2.19. The van der Waals surface area contributed by atoms with E-state index in [2.05, 4.69) is 47.1 Å². The van der Waals surface area contributed by atoms with Gasteiger partial charge in [-0.05, 0) is 24.7 Å². The van der Waals surface area contributed by atoms with Crippen LogP contribution in [-0.4, -0.2) is 20.6 Å². The summed E-state index contributed by atoms with van der Waals surface area (Å²) in [7, 11) is 3.86. The van der Waals surface area contributed by atoms with E-state index in [0.29, 0.717) is 0 Å². The van der Waals surface area contributed by atoms with Gasteiger partial charge in [0.1, 0.15) is 0 Å². The van der Waals surface area contributed by atoms with Crippen LogP contribution in [-0.2, 0) is 0 Å². The van der Waals surface area contributed by atoms with E-state index < -0.39 is 0 Å². The van der Waals surface area contributed by atoms with E-state index in [1.165, 1.54) is 5.56 Å². The number of benzene rings is 1. The Bertz CT molecular complexity index is 262. The maximum atomic E-state index is 3.08. The van der Waals surface area contributed by atoms with Crippen molar-refractivity contribution in [3.05, 3.63) is 35.9 Å². The second-order valence-corrected chi connectivity index (χ2v) is 2.83. The monoisotopic (exact) mass is 176 g/mol. The zero-order valence-electron chi connectivity index (χ0n) is 8.17. The number of likely N-dealkylation sites (N-methyl/N-ethyl adjacent to an activating group) is 1. The molecule has 0 saturated heterocycles. The topological polar surface area (TPSA) is 24.1 Å². The number of hydrogen-bond acceptors (Lipinski definition) is 2. The van der Waals surface area contributed by atoms with Crippen molar-refractivity contribution in [1.29, 1.82) is 0 Å². The molecule has 0 saturated carbocycles. The van der Waals surface area contributed by atoms with Gasteiger partial charge < -0.3 is 10.6 Å². The van der Waals surface area contributed by atoms with Crippen LogP contribution in [0.25, 0.3) is 6.08 Å². The molecule has 70 valence electrons. The average molecular weight is 176 g/mol. The molecule has 1 aromatic rings. The van der Waals surface area contributed by atoms with E-state index in [9.17, 15) is 0 Å². The summed E-state index contributed by atoms with van der Waals surface area (Å²) in [4.78, 5) is 0. The van der Waals surface area contributed by atoms with Crippen molar-refractivity contribution >= 4 is 11.8 Å². The molecule has 2 N–H and O–H groups in total. The van der Waals surface area contributed by atoms with Crippen LogP contribution in [0.5, 0.6) is 0 Å². The second kappa shape index (κ2) is 5.38. The summed E-state index contributed by atoms with van der Waals surface area (Å²) in [5.74, 6) is 0. The summed E-state index contributed by atoms with van der Waals surface area (Å²) in [5.41, 5.74) is 2.38.